The fourth-order valence-electron chi connectivity index (χ4n) is 1.79. The van der Waals surface area contributed by atoms with E-state index in [2.05, 4.69) is 18.4 Å². The minimum Gasteiger partial charge on any atom is -0.481 e. The summed E-state index contributed by atoms with van der Waals surface area (Å²) < 4.78 is 0. The molecule has 0 amide bonds. The normalized spacial score (nSPS) is 18.1. The van der Waals surface area contributed by atoms with Gasteiger partial charge in [0, 0.05) is 10.3 Å². The molecule has 1 aromatic rings. The molecular weight excluding hydrogens is 196 g/mol. The van der Waals surface area contributed by atoms with E-state index in [9.17, 15) is 4.79 Å². The van der Waals surface area contributed by atoms with Gasteiger partial charge in [-0.15, -0.1) is 11.3 Å². The van der Waals surface area contributed by atoms with Crippen LogP contribution in [0.15, 0.2) is 11.4 Å². The number of aryl methyl sites for hydroxylation is 1. The van der Waals surface area contributed by atoms with Crippen LogP contribution in [0, 0.1) is 0 Å². The lowest BCUT2D eigenvalue weighted by molar-refractivity contribution is -0.137. The van der Waals surface area contributed by atoms with Crippen molar-refractivity contribution in [2.75, 3.05) is 0 Å². The van der Waals surface area contributed by atoms with Crippen LogP contribution in [0.25, 0.3) is 0 Å². The summed E-state index contributed by atoms with van der Waals surface area (Å²) in [4.78, 5) is 12.0. The van der Waals surface area contributed by atoms with E-state index in [1.807, 2.05) is 0 Å². The molecule has 0 atom stereocenters. The van der Waals surface area contributed by atoms with E-state index < -0.39 is 5.97 Å². The average molecular weight is 210 g/mol. The molecular formula is C11H14O2S. The second-order valence-corrected chi connectivity index (χ2v) is 4.93. The van der Waals surface area contributed by atoms with Gasteiger partial charge in [0.25, 0.3) is 0 Å². The largest absolute Gasteiger partial charge is 0.481 e. The first kappa shape index (κ1) is 9.71. The van der Waals surface area contributed by atoms with Gasteiger partial charge in [-0.25, -0.2) is 0 Å². The molecule has 1 saturated carbocycles. The van der Waals surface area contributed by atoms with Gasteiger partial charge >= 0.3 is 5.97 Å². The Kier molecular flexibility index (Phi) is 2.35. The highest BCUT2D eigenvalue weighted by atomic mass is 32.1. The first-order valence-electron chi connectivity index (χ1n) is 4.96. The van der Waals surface area contributed by atoms with Crippen LogP contribution in [0.5, 0.6) is 0 Å². The van der Waals surface area contributed by atoms with Crippen molar-refractivity contribution in [2.45, 2.75) is 38.0 Å². The molecule has 0 aromatic carbocycles. The zero-order chi connectivity index (χ0) is 10.2. The van der Waals surface area contributed by atoms with Crippen LogP contribution in [-0.2, 0) is 16.6 Å². The average Bonchev–Trinajstić information content (AvgIpc) is 2.76. The Labute approximate surface area is 87.6 Å². The number of carbonyl (C=O) groups is 1. The maximum absolute atomic E-state index is 10.7. The maximum atomic E-state index is 10.7. The van der Waals surface area contributed by atoms with Crippen LogP contribution in [0.3, 0.4) is 0 Å². The van der Waals surface area contributed by atoms with Gasteiger partial charge in [-0.05, 0) is 36.3 Å². The monoisotopic (exact) mass is 210 g/mol. The van der Waals surface area contributed by atoms with Gasteiger partial charge < -0.3 is 5.11 Å². The summed E-state index contributed by atoms with van der Waals surface area (Å²) in [6.07, 6.45) is 3.43. The SMILES string of the molecule is CCc1csc(C2(CC(=O)O)CC2)c1. The summed E-state index contributed by atoms with van der Waals surface area (Å²) in [5, 5.41) is 11.0. The fraction of sp³-hybridized carbons (Fsp3) is 0.545. The molecule has 0 saturated heterocycles. The van der Waals surface area contributed by atoms with Crippen LogP contribution in [-0.4, -0.2) is 11.1 Å². The Morgan fingerprint density at radius 1 is 1.64 bits per heavy atom. The predicted molar refractivity (Wildman–Crippen MR) is 56.9 cm³/mol. The molecule has 3 heteroatoms. The summed E-state index contributed by atoms with van der Waals surface area (Å²) in [6.45, 7) is 2.13. The molecule has 1 aliphatic rings. The number of carboxylic acid groups (broad SMARTS) is 1. The number of hydrogen-bond acceptors (Lipinski definition) is 2. The number of carboxylic acids is 1. The van der Waals surface area contributed by atoms with Gasteiger partial charge in [0.15, 0.2) is 0 Å². The lowest BCUT2D eigenvalue weighted by Crippen LogP contribution is -2.11. The van der Waals surface area contributed by atoms with Crippen LogP contribution in [0.2, 0.25) is 0 Å². The van der Waals surface area contributed by atoms with Crippen molar-refractivity contribution in [3.63, 3.8) is 0 Å². The number of rotatable bonds is 4. The van der Waals surface area contributed by atoms with E-state index in [0.29, 0.717) is 6.42 Å². The minimum absolute atomic E-state index is 0.00389. The topological polar surface area (TPSA) is 37.3 Å². The molecule has 1 aliphatic carbocycles. The van der Waals surface area contributed by atoms with E-state index in [0.717, 1.165) is 19.3 Å². The molecule has 2 nitrogen and oxygen atoms in total. The Hall–Kier alpha value is -0.830. The highest BCUT2D eigenvalue weighted by Gasteiger charge is 2.46. The summed E-state index contributed by atoms with van der Waals surface area (Å²) in [5.74, 6) is -0.672. The zero-order valence-electron chi connectivity index (χ0n) is 8.25. The van der Waals surface area contributed by atoms with E-state index in [1.54, 1.807) is 11.3 Å². The maximum Gasteiger partial charge on any atom is 0.304 e. The van der Waals surface area contributed by atoms with Crippen molar-refractivity contribution in [3.8, 4) is 0 Å². The molecule has 2 rings (SSSR count). The van der Waals surface area contributed by atoms with Crippen LogP contribution in [0.1, 0.15) is 36.6 Å². The zero-order valence-corrected chi connectivity index (χ0v) is 9.06. The van der Waals surface area contributed by atoms with E-state index >= 15 is 0 Å². The molecule has 1 aromatic heterocycles. The highest BCUT2D eigenvalue weighted by molar-refractivity contribution is 7.10. The molecule has 76 valence electrons. The minimum atomic E-state index is -0.672. The fourth-order valence-corrected chi connectivity index (χ4v) is 3.05. The second-order valence-electron chi connectivity index (χ2n) is 4.02. The second kappa shape index (κ2) is 3.39. The van der Waals surface area contributed by atoms with Crippen molar-refractivity contribution in [3.05, 3.63) is 21.9 Å². The predicted octanol–water partition coefficient (Wildman–Crippen LogP) is 2.82. The molecule has 14 heavy (non-hydrogen) atoms. The van der Waals surface area contributed by atoms with Crippen molar-refractivity contribution in [1.29, 1.82) is 0 Å². The Morgan fingerprint density at radius 3 is 2.79 bits per heavy atom. The quantitative estimate of drug-likeness (QED) is 0.829. The molecule has 0 aliphatic heterocycles. The van der Waals surface area contributed by atoms with Crippen molar-refractivity contribution >= 4 is 17.3 Å². The van der Waals surface area contributed by atoms with Crippen LogP contribution in [0.4, 0.5) is 0 Å². The van der Waals surface area contributed by atoms with Gasteiger partial charge in [0.05, 0.1) is 6.42 Å². The Bertz CT molecular complexity index is 350. The van der Waals surface area contributed by atoms with Crippen molar-refractivity contribution in [1.82, 2.24) is 0 Å². The van der Waals surface area contributed by atoms with E-state index in [1.165, 1.54) is 10.4 Å². The Morgan fingerprint density at radius 2 is 2.36 bits per heavy atom. The Balaban J connectivity index is 2.17. The number of hydrogen-bond donors (Lipinski definition) is 1. The van der Waals surface area contributed by atoms with Gasteiger partial charge in [-0.2, -0.15) is 0 Å². The van der Waals surface area contributed by atoms with Crippen molar-refractivity contribution < 1.29 is 9.90 Å². The lowest BCUT2D eigenvalue weighted by Gasteiger charge is -2.08. The summed E-state index contributed by atoms with van der Waals surface area (Å²) in [5.41, 5.74) is 1.34. The smallest absolute Gasteiger partial charge is 0.304 e. The third kappa shape index (κ3) is 1.69. The van der Waals surface area contributed by atoms with E-state index in [-0.39, 0.29) is 5.41 Å². The molecule has 0 radical (unpaired) electrons. The number of thiophene rings is 1. The third-order valence-corrected chi connectivity index (χ3v) is 4.15. The molecule has 0 spiro atoms. The van der Waals surface area contributed by atoms with Crippen LogP contribution >= 0.6 is 11.3 Å². The first-order chi connectivity index (χ1) is 6.66. The summed E-state index contributed by atoms with van der Waals surface area (Å²) in [7, 11) is 0. The van der Waals surface area contributed by atoms with Gasteiger partial charge in [0.2, 0.25) is 0 Å². The molecule has 0 bridgehead atoms. The van der Waals surface area contributed by atoms with Gasteiger partial charge in [0.1, 0.15) is 0 Å². The van der Waals surface area contributed by atoms with Crippen LogP contribution < -0.4 is 0 Å². The van der Waals surface area contributed by atoms with Gasteiger partial charge in [-0.1, -0.05) is 6.92 Å². The number of aliphatic carboxylic acids is 1. The lowest BCUT2D eigenvalue weighted by atomic mass is 10.00. The molecule has 1 fully saturated rings. The standard InChI is InChI=1S/C11H14O2S/c1-2-8-5-9(14-7-8)11(3-4-11)6-10(12)13/h5,7H,2-4,6H2,1H3,(H,12,13). The van der Waals surface area contributed by atoms with Gasteiger partial charge in [-0.3, -0.25) is 4.79 Å². The first-order valence-corrected chi connectivity index (χ1v) is 5.84. The summed E-state index contributed by atoms with van der Waals surface area (Å²) in [6, 6.07) is 2.18. The highest BCUT2D eigenvalue weighted by Crippen LogP contribution is 2.52. The summed E-state index contributed by atoms with van der Waals surface area (Å²) >= 11 is 1.72. The molecule has 0 unspecified atom stereocenters. The molecule has 1 N–H and O–H groups in total. The third-order valence-electron chi connectivity index (χ3n) is 2.93. The van der Waals surface area contributed by atoms with E-state index in [4.69, 9.17) is 5.11 Å². The molecule has 1 heterocycles. The van der Waals surface area contributed by atoms with Crippen molar-refractivity contribution in [2.24, 2.45) is 0 Å².